The predicted octanol–water partition coefficient (Wildman–Crippen LogP) is 5.26. The summed E-state index contributed by atoms with van der Waals surface area (Å²) in [6.07, 6.45) is 8.25. The second-order valence-corrected chi connectivity index (χ2v) is 7.02. The topological polar surface area (TPSA) is 82.5 Å². The van der Waals surface area contributed by atoms with Gasteiger partial charge in [-0.2, -0.15) is 4.39 Å². The Bertz CT molecular complexity index is 882. The van der Waals surface area contributed by atoms with Crippen molar-refractivity contribution in [2.45, 2.75) is 39.0 Å². The lowest BCUT2D eigenvalue weighted by molar-refractivity contribution is -0.134. The largest absolute Gasteiger partial charge is 0.476 e. The Hall–Kier alpha value is -3.22. The number of nitrogens with one attached hydrogen (secondary N) is 1. The van der Waals surface area contributed by atoms with Gasteiger partial charge in [-0.3, -0.25) is 9.88 Å². The van der Waals surface area contributed by atoms with Gasteiger partial charge in [-0.25, -0.2) is 9.59 Å². The fourth-order valence-corrected chi connectivity index (χ4v) is 2.90. The maximum absolute atomic E-state index is 13.2. The van der Waals surface area contributed by atoms with Crippen LogP contribution in [0.15, 0.2) is 48.4 Å². The van der Waals surface area contributed by atoms with Crippen molar-refractivity contribution in [1.82, 2.24) is 10.3 Å². The molecule has 0 radical (unpaired) electrons. The van der Waals surface area contributed by atoms with Gasteiger partial charge in [0.15, 0.2) is 0 Å². The van der Waals surface area contributed by atoms with Gasteiger partial charge in [0, 0.05) is 31.0 Å². The molecule has 0 fully saturated rings. The van der Waals surface area contributed by atoms with Gasteiger partial charge in [0.2, 0.25) is 5.83 Å². The number of carbonyl (C=O) groups excluding carboxylic acids is 1. The zero-order chi connectivity index (χ0) is 21.9. The fraction of sp³-hybridized carbons (Fsp3) is 0.348. The van der Waals surface area contributed by atoms with E-state index in [-0.39, 0.29) is 6.03 Å². The smallest absolute Gasteiger partial charge is 0.364 e. The number of unbranched alkanes of at least 4 members (excludes halogenated alkanes) is 4. The Morgan fingerprint density at radius 1 is 1.13 bits per heavy atom. The molecule has 2 N–H and O–H groups in total. The average Bonchev–Trinajstić information content (AvgIpc) is 2.76. The minimum atomic E-state index is -1.60. The molecule has 0 bridgehead atoms. The van der Waals surface area contributed by atoms with Gasteiger partial charge >= 0.3 is 12.0 Å². The Balaban J connectivity index is 2.00. The van der Waals surface area contributed by atoms with E-state index in [0.717, 1.165) is 24.5 Å². The SMILES string of the molecule is CCCCCCCNC(=O)N(C)c1ccnc(-c2ccc(/C=C(\F)C(=O)O)cc2)c1. The van der Waals surface area contributed by atoms with Gasteiger partial charge in [0.1, 0.15) is 0 Å². The summed E-state index contributed by atoms with van der Waals surface area (Å²) in [6, 6.07) is 10.1. The number of benzene rings is 1. The van der Waals surface area contributed by atoms with Crippen molar-refractivity contribution >= 4 is 23.8 Å². The highest BCUT2D eigenvalue weighted by Crippen LogP contribution is 2.23. The van der Waals surface area contributed by atoms with Gasteiger partial charge in [0.25, 0.3) is 0 Å². The zero-order valence-corrected chi connectivity index (χ0v) is 17.4. The number of carboxylic acid groups (broad SMARTS) is 1. The summed E-state index contributed by atoms with van der Waals surface area (Å²) < 4.78 is 13.2. The first-order chi connectivity index (χ1) is 14.4. The summed E-state index contributed by atoms with van der Waals surface area (Å²) in [5.74, 6) is -2.82. The number of amides is 2. The van der Waals surface area contributed by atoms with Crippen LogP contribution in [0.2, 0.25) is 0 Å². The van der Waals surface area contributed by atoms with Crippen LogP contribution in [0.3, 0.4) is 0 Å². The number of nitrogens with zero attached hydrogens (tertiary/aromatic N) is 2. The number of hydrogen-bond acceptors (Lipinski definition) is 3. The number of carbonyl (C=O) groups is 2. The van der Waals surface area contributed by atoms with E-state index in [4.69, 9.17) is 5.11 Å². The number of hydrogen-bond donors (Lipinski definition) is 2. The minimum Gasteiger partial charge on any atom is -0.476 e. The third kappa shape index (κ3) is 6.99. The van der Waals surface area contributed by atoms with Crippen LogP contribution < -0.4 is 10.2 Å². The van der Waals surface area contributed by atoms with Crippen molar-refractivity contribution in [1.29, 1.82) is 0 Å². The molecule has 0 spiro atoms. The molecule has 1 heterocycles. The summed E-state index contributed by atoms with van der Waals surface area (Å²) >= 11 is 0. The molecule has 0 aliphatic carbocycles. The highest BCUT2D eigenvalue weighted by Gasteiger charge is 2.12. The molecule has 1 aromatic carbocycles. The molecule has 6 nitrogen and oxygen atoms in total. The van der Waals surface area contributed by atoms with E-state index in [1.165, 1.54) is 24.2 Å². The summed E-state index contributed by atoms with van der Waals surface area (Å²) in [4.78, 5) is 28.8. The molecule has 2 rings (SSSR count). The molecular weight excluding hydrogens is 385 g/mol. The summed E-state index contributed by atoms with van der Waals surface area (Å²) in [5, 5.41) is 11.5. The third-order valence-electron chi connectivity index (χ3n) is 4.70. The van der Waals surface area contributed by atoms with Crippen molar-refractivity contribution in [3.63, 3.8) is 0 Å². The fourth-order valence-electron chi connectivity index (χ4n) is 2.90. The van der Waals surface area contributed by atoms with Gasteiger partial charge in [-0.15, -0.1) is 0 Å². The third-order valence-corrected chi connectivity index (χ3v) is 4.70. The summed E-state index contributed by atoms with van der Waals surface area (Å²) in [7, 11) is 1.70. The molecule has 1 aromatic heterocycles. The molecule has 0 saturated carbocycles. The Morgan fingerprint density at radius 3 is 2.50 bits per heavy atom. The first kappa shape index (κ1) is 23.1. The van der Waals surface area contributed by atoms with Gasteiger partial charge in [0.05, 0.1) is 5.69 Å². The van der Waals surface area contributed by atoms with Gasteiger partial charge in [-0.1, -0.05) is 56.9 Å². The molecule has 0 aliphatic rings. The van der Waals surface area contributed by atoms with Crippen molar-refractivity contribution in [2.24, 2.45) is 0 Å². The lowest BCUT2D eigenvalue weighted by atomic mass is 10.1. The van der Waals surface area contributed by atoms with E-state index >= 15 is 0 Å². The normalized spacial score (nSPS) is 11.2. The van der Waals surface area contributed by atoms with Crippen LogP contribution in [0.4, 0.5) is 14.9 Å². The number of halogens is 1. The zero-order valence-electron chi connectivity index (χ0n) is 17.4. The molecule has 0 unspecified atom stereocenters. The average molecular weight is 413 g/mol. The van der Waals surface area contributed by atoms with Crippen LogP contribution in [0, 0.1) is 0 Å². The number of carboxylic acids is 1. The van der Waals surface area contributed by atoms with Crippen LogP contribution in [-0.4, -0.2) is 35.7 Å². The maximum Gasteiger partial charge on any atom is 0.364 e. The maximum atomic E-state index is 13.2. The first-order valence-corrected chi connectivity index (χ1v) is 10.1. The predicted molar refractivity (Wildman–Crippen MR) is 117 cm³/mol. The van der Waals surface area contributed by atoms with E-state index in [1.807, 2.05) is 0 Å². The van der Waals surface area contributed by atoms with Crippen LogP contribution in [0.1, 0.15) is 44.6 Å². The lowest BCUT2D eigenvalue weighted by Crippen LogP contribution is -2.37. The number of aromatic nitrogens is 1. The van der Waals surface area contributed by atoms with Crippen molar-refractivity contribution in [3.05, 3.63) is 54.0 Å². The highest BCUT2D eigenvalue weighted by molar-refractivity contribution is 5.92. The molecule has 2 aromatic rings. The van der Waals surface area contributed by atoms with E-state index < -0.39 is 11.8 Å². The van der Waals surface area contributed by atoms with Crippen molar-refractivity contribution in [3.8, 4) is 11.3 Å². The van der Waals surface area contributed by atoms with Crippen LogP contribution in [0.25, 0.3) is 17.3 Å². The van der Waals surface area contributed by atoms with Crippen LogP contribution in [0.5, 0.6) is 0 Å². The Morgan fingerprint density at radius 2 is 1.83 bits per heavy atom. The molecule has 0 atom stereocenters. The number of anilines is 1. The van der Waals surface area contributed by atoms with Gasteiger partial charge in [-0.05, 0) is 30.2 Å². The van der Waals surface area contributed by atoms with Crippen molar-refractivity contribution in [2.75, 3.05) is 18.5 Å². The standard InChI is InChI=1S/C23H28FN3O3/c1-3-4-5-6-7-13-26-23(30)27(2)19-12-14-25-21(16-19)18-10-8-17(9-11-18)15-20(24)22(28)29/h8-12,14-16H,3-7,13H2,1-2H3,(H,26,30)(H,28,29)/b20-15-. The number of aliphatic carboxylic acids is 1. The summed E-state index contributed by atoms with van der Waals surface area (Å²) in [5.41, 5.74) is 2.56. The molecule has 7 heteroatoms. The second-order valence-electron chi connectivity index (χ2n) is 7.02. The molecule has 160 valence electrons. The van der Waals surface area contributed by atoms with E-state index in [0.29, 0.717) is 23.5 Å². The molecule has 0 aliphatic heterocycles. The monoisotopic (exact) mass is 413 g/mol. The number of urea groups is 1. The van der Waals surface area contributed by atoms with E-state index in [1.54, 1.807) is 49.6 Å². The quantitative estimate of drug-likeness (QED) is 0.411. The van der Waals surface area contributed by atoms with E-state index in [2.05, 4.69) is 17.2 Å². The molecular formula is C23H28FN3O3. The Labute approximate surface area is 176 Å². The number of rotatable bonds is 10. The number of pyridine rings is 1. The molecule has 2 amide bonds. The van der Waals surface area contributed by atoms with E-state index in [9.17, 15) is 14.0 Å². The first-order valence-electron chi connectivity index (χ1n) is 10.1. The van der Waals surface area contributed by atoms with Gasteiger partial charge < -0.3 is 10.4 Å². The minimum absolute atomic E-state index is 0.174. The second kappa shape index (κ2) is 11.7. The Kier molecular flexibility index (Phi) is 9.00. The summed E-state index contributed by atoms with van der Waals surface area (Å²) in [6.45, 7) is 2.82. The van der Waals surface area contributed by atoms with Crippen LogP contribution in [-0.2, 0) is 4.79 Å². The molecule has 0 saturated heterocycles. The highest BCUT2D eigenvalue weighted by atomic mass is 19.1. The molecule has 30 heavy (non-hydrogen) atoms. The van der Waals surface area contributed by atoms with Crippen LogP contribution >= 0.6 is 0 Å². The van der Waals surface area contributed by atoms with Crippen molar-refractivity contribution < 1.29 is 19.1 Å². The lowest BCUT2D eigenvalue weighted by Gasteiger charge is -2.18.